The molecule has 0 aromatic heterocycles. The van der Waals surface area contributed by atoms with Crippen LogP contribution in [-0.2, 0) is 4.74 Å². The van der Waals surface area contributed by atoms with E-state index >= 15 is 0 Å². The molecule has 3 nitrogen and oxygen atoms in total. The summed E-state index contributed by atoms with van der Waals surface area (Å²) in [6, 6.07) is 5.65. The zero-order valence-electron chi connectivity index (χ0n) is 10.3. The summed E-state index contributed by atoms with van der Waals surface area (Å²) >= 11 is 3.42. The van der Waals surface area contributed by atoms with Gasteiger partial charge >= 0.3 is 0 Å². The number of benzene rings is 1. The Labute approximate surface area is 111 Å². The minimum Gasteiger partial charge on any atom is -0.385 e. The average Bonchev–Trinajstić information content (AvgIpc) is 2.32. The summed E-state index contributed by atoms with van der Waals surface area (Å²) in [5, 5.41) is 2.91. The van der Waals surface area contributed by atoms with E-state index in [4.69, 9.17) is 4.74 Å². The zero-order valence-corrected chi connectivity index (χ0v) is 11.8. The average molecular weight is 300 g/mol. The van der Waals surface area contributed by atoms with Crippen LogP contribution in [0.5, 0.6) is 0 Å². The molecule has 0 saturated heterocycles. The van der Waals surface area contributed by atoms with E-state index in [0.29, 0.717) is 6.54 Å². The van der Waals surface area contributed by atoms with E-state index in [9.17, 15) is 4.79 Å². The lowest BCUT2D eigenvalue weighted by molar-refractivity contribution is 0.0950. The van der Waals surface area contributed by atoms with Gasteiger partial charge in [0, 0.05) is 30.3 Å². The first-order valence-electron chi connectivity index (χ1n) is 5.69. The van der Waals surface area contributed by atoms with E-state index in [0.717, 1.165) is 35.0 Å². The fourth-order valence-electron chi connectivity index (χ4n) is 1.52. The standard InChI is InChI=1S/C13H18BrNO2/c1-10-11(6-5-7-12(10)14)13(16)15-8-3-4-9-17-2/h5-7H,3-4,8-9H2,1-2H3,(H,15,16). The number of hydrogen-bond acceptors (Lipinski definition) is 2. The molecular weight excluding hydrogens is 282 g/mol. The third-order valence-electron chi connectivity index (χ3n) is 2.57. The molecule has 0 bridgehead atoms. The van der Waals surface area contributed by atoms with Crippen LogP contribution >= 0.6 is 15.9 Å². The summed E-state index contributed by atoms with van der Waals surface area (Å²) in [4.78, 5) is 11.9. The molecule has 0 atom stereocenters. The number of hydrogen-bond donors (Lipinski definition) is 1. The van der Waals surface area contributed by atoms with Crippen LogP contribution in [0.15, 0.2) is 22.7 Å². The van der Waals surface area contributed by atoms with Gasteiger partial charge in [0.2, 0.25) is 0 Å². The molecule has 0 saturated carbocycles. The SMILES string of the molecule is COCCCCNC(=O)c1cccc(Br)c1C. The molecule has 0 fully saturated rings. The summed E-state index contributed by atoms with van der Waals surface area (Å²) < 4.78 is 5.91. The van der Waals surface area contributed by atoms with Gasteiger partial charge in [0.05, 0.1) is 0 Å². The molecule has 0 aliphatic heterocycles. The Morgan fingerprint density at radius 1 is 1.41 bits per heavy atom. The summed E-state index contributed by atoms with van der Waals surface area (Å²) in [7, 11) is 1.68. The highest BCUT2D eigenvalue weighted by atomic mass is 79.9. The molecule has 94 valence electrons. The fraction of sp³-hybridized carbons (Fsp3) is 0.462. The van der Waals surface area contributed by atoms with Crippen molar-refractivity contribution in [1.82, 2.24) is 5.32 Å². The van der Waals surface area contributed by atoms with Gasteiger partial charge in [-0.2, -0.15) is 0 Å². The van der Waals surface area contributed by atoms with Crippen LogP contribution in [-0.4, -0.2) is 26.2 Å². The number of halogens is 1. The monoisotopic (exact) mass is 299 g/mol. The van der Waals surface area contributed by atoms with Gasteiger partial charge in [-0.1, -0.05) is 22.0 Å². The minimum atomic E-state index is -0.0128. The molecule has 1 rings (SSSR count). The summed E-state index contributed by atoms with van der Waals surface area (Å²) in [5.41, 5.74) is 1.70. The van der Waals surface area contributed by atoms with Gasteiger partial charge < -0.3 is 10.1 Å². The number of methoxy groups -OCH3 is 1. The Kier molecular flexibility index (Phi) is 6.22. The maximum Gasteiger partial charge on any atom is 0.251 e. The van der Waals surface area contributed by atoms with Crippen molar-refractivity contribution in [2.24, 2.45) is 0 Å². The lowest BCUT2D eigenvalue weighted by Gasteiger charge is -2.08. The van der Waals surface area contributed by atoms with Crippen molar-refractivity contribution < 1.29 is 9.53 Å². The maximum atomic E-state index is 11.9. The predicted molar refractivity (Wildman–Crippen MR) is 72.3 cm³/mol. The molecule has 0 aliphatic carbocycles. The topological polar surface area (TPSA) is 38.3 Å². The number of amides is 1. The maximum absolute atomic E-state index is 11.9. The van der Waals surface area contributed by atoms with Gasteiger partial charge in [-0.25, -0.2) is 0 Å². The largest absolute Gasteiger partial charge is 0.385 e. The number of rotatable bonds is 6. The van der Waals surface area contributed by atoms with Crippen molar-refractivity contribution in [1.29, 1.82) is 0 Å². The van der Waals surface area contributed by atoms with Crippen molar-refractivity contribution in [3.63, 3.8) is 0 Å². The molecule has 1 N–H and O–H groups in total. The normalized spacial score (nSPS) is 10.3. The van der Waals surface area contributed by atoms with Crippen LogP contribution < -0.4 is 5.32 Å². The van der Waals surface area contributed by atoms with Crippen LogP contribution in [0.2, 0.25) is 0 Å². The van der Waals surface area contributed by atoms with E-state index in [1.165, 1.54) is 0 Å². The number of nitrogens with one attached hydrogen (secondary N) is 1. The Bertz CT molecular complexity index is 380. The van der Waals surface area contributed by atoms with Crippen molar-refractivity contribution in [3.05, 3.63) is 33.8 Å². The Morgan fingerprint density at radius 2 is 2.18 bits per heavy atom. The van der Waals surface area contributed by atoms with Crippen LogP contribution in [0.4, 0.5) is 0 Å². The molecule has 1 aromatic carbocycles. The second kappa shape index (κ2) is 7.45. The van der Waals surface area contributed by atoms with Gasteiger partial charge in [0.15, 0.2) is 0 Å². The Hall–Kier alpha value is -0.870. The molecular formula is C13H18BrNO2. The molecule has 1 amide bonds. The van der Waals surface area contributed by atoms with E-state index in [1.54, 1.807) is 7.11 Å². The second-order valence-corrected chi connectivity index (χ2v) is 4.72. The number of unbranched alkanes of at least 4 members (excludes halogenated alkanes) is 1. The summed E-state index contributed by atoms with van der Waals surface area (Å²) in [5.74, 6) is -0.0128. The lowest BCUT2D eigenvalue weighted by atomic mass is 10.1. The molecule has 0 radical (unpaired) electrons. The molecule has 4 heteroatoms. The van der Waals surface area contributed by atoms with Gasteiger partial charge in [-0.05, 0) is 37.5 Å². The second-order valence-electron chi connectivity index (χ2n) is 3.87. The molecule has 0 aliphatic rings. The van der Waals surface area contributed by atoms with Gasteiger partial charge in [-0.15, -0.1) is 0 Å². The number of carbonyl (C=O) groups is 1. The first kappa shape index (κ1) is 14.2. The van der Waals surface area contributed by atoms with Crippen LogP contribution in [0, 0.1) is 6.92 Å². The quantitative estimate of drug-likeness (QED) is 0.820. The molecule has 1 aromatic rings. The fourth-order valence-corrected chi connectivity index (χ4v) is 1.89. The first-order chi connectivity index (χ1) is 8.16. The third kappa shape index (κ3) is 4.48. The Morgan fingerprint density at radius 3 is 2.88 bits per heavy atom. The van der Waals surface area contributed by atoms with Crippen molar-refractivity contribution in [2.45, 2.75) is 19.8 Å². The molecule has 17 heavy (non-hydrogen) atoms. The van der Waals surface area contributed by atoms with Crippen LogP contribution in [0.3, 0.4) is 0 Å². The Balaban J connectivity index is 2.44. The van der Waals surface area contributed by atoms with Crippen molar-refractivity contribution in [2.75, 3.05) is 20.3 Å². The highest BCUT2D eigenvalue weighted by molar-refractivity contribution is 9.10. The van der Waals surface area contributed by atoms with E-state index in [-0.39, 0.29) is 5.91 Å². The minimum absolute atomic E-state index is 0.0128. The van der Waals surface area contributed by atoms with Gasteiger partial charge in [0.1, 0.15) is 0 Å². The zero-order chi connectivity index (χ0) is 12.7. The highest BCUT2D eigenvalue weighted by Crippen LogP contribution is 2.19. The third-order valence-corrected chi connectivity index (χ3v) is 3.43. The first-order valence-corrected chi connectivity index (χ1v) is 6.48. The molecule has 0 spiro atoms. The lowest BCUT2D eigenvalue weighted by Crippen LogP contribution is -2.25. The van der Waals surface area contributed by atoms with E-state index in [2.05, 4.69) is 21.2 Å². The smallest absolute Gasteiger partial charge is 0.251 e. The van der Waals surface area contributed by atoms with Crippen molar-refractivity contribution >= 4 is 21.8 Å². The van der Waals surface area contributed by atoms with Crippen LogP contribution in [0.25, 0.3) is 0 Å². The molecule has 0 unspecified atom stereocenters. The summed E-state index contributed by atoms with van der Waals surface area (Å²) in [6.07, 6.45) is 1.90. The van der Waals surface area contributed by atoms with E-state index < -0.39 is 0 Å². The van der Waals surface area contributed by atoms with Gasteiger partial charge in [-0.3, -0.25) is 4.79 Å². The number of carbonyl (C=O) groups excluding carboxylic acids is 1. The van der Waals surface area contributed by atoms with E-state index in [1.807, 2.05) is 25.1 Å². The van der Waals surface area contributed by atoms with Crippen LogP contribution in [0.1, 0.15) is 28.8 Å². The predicted octanol–water partition coefficient (Wildman–Crippen LogP) is 2.91. The van der Waals surface area contributed by atoms with Crippen molar-refractivity contribution in [3.8, 4) is 0 Å². The summed E-state index contributed by atoms with van der Waals surface area (Å²) in [6.45, 7) is 3.36. The van der Waals surface area contributed by atoms with Gasteiger partial charge in [0.25, 0.3) is 5.91 Å². The molecule has 0 heterocycles. The highest BCUT2D eigenvalue weighted by Gasteiger charge is 2.09. The number of ether oxygens (including phenoxy) is 1.